The summed E-state index contributed by atoms with van der Waals surface area (Å²) in [7, 11) is 0. The second-order valence-corrected chi connectivity index (χ2v) is 4.62. The van der Waals surface area contributed by atoms with Crippen molar-refractivity contribution in [2.75, 3.05) is 6.61 Å². The first-order valence-corrected chi connectivity index (χ1v) is 5.90. The zero-order valence-electron chi connectivity index (χ0n) is 11.3. The van der Waals surface area contributed by atoms with Crippen LogP contribution in [0.25, 0.3) is 0 Å². The second-order valence-electron chi connectivity index (χ2n) is 4.62. The molecule has 1 unspecified atom stereocenters. The number of ether oxygens (including phenoxy) is 3. The van der Waals surface area contributed by atoms with Gasteiger partial charge in [0.25, 0.3) is 0 Å². The standard InChI is InChI=1S/C12H18O7/c1-5-7-11(3,4)17-10(14)18-12(8-15-19-12)16-9(13)6-2/h6H,2,5,7-8H2,1,3-4H3. The Labute approximate surface area is 111 Å². The van der Waals surface area contributed by atoms with Crippen molar-refractivity contribution in [3.8, 4) is 0 Å². The van der Waals surface area contributed by atoms with E-state index in [4.69, 9.17) is 14.2 Å². The third kappa shape index (κ3) is 4.53. The van der Waals surface area contributed by atoms with Gasteiger partial charge in [-0.2, -0.15) is 0 Å². The van der Waals surface area contributed by atoms with Crippen molar-refractivity contribution >= 4 is 12.1 Å². The van der Waals surface area contributed by atoms with Crippen molar-refractivity contribution in [1.82, 2.24) is 0 Å². The van der Waals surface area contributed by atoms with Gasteiger partial charge in [-0.1, -0.05) is 19.9 Å². The van der Waals surface area contributed by atoms with Crippen LogP contribution in [0.15, 0.2) is 12.7 Å². The molecule has 0 spiro atoms. The van der Waals surface area contributed by atoms with E-state index in [0.717, 1.165) is 12.5 Å². The molecule has 0 aromatic rings. The topological polar surface area (TPSA) is 80.3 Å². The summed E-state index contributed by atoms with van der Waals surface area (Å²) in [6, 6.07) is 0. The molecule has 0 bridgehead atoms. The van der Waals surface area contributed by atoms with Gasteiger partial charge in [0.1, 0.15) is 5.60 Å². The fourth-order valence-corrected chi connectivity index (χ4v) is 1.49. The lowest BCUT2D eigenvalue weighted by Crippen LogP contribution is -2.54. The predicted octanol–water partition coefficient (Wildman–Crippen LogP) is 2.06. The summed E-state index contributed by atoms with van der Waals surface area (Å²) in [5.41, 5.74) is -0.680. The van der Waals surface area contributed by atoms with Gasteiger partial charge in [0.05, 0.1) is 0 Å². The Balaban J connectivity index is 2.54. The van der Waals surface area contributed by atoms with Crippen molar-refractivity contribution < 1.29 is 33.6 Å². The van der Waals surface area contributed by atoms with E-state index < -0.39 is 23.7 Å². The molecular weight excluding hydrogens is 256 g/mol. The van der Waals surface area contributed by atoms with Crippen LogP contribution in [0, 0.1) is 0 Å². The molecule has 1 atom stereocenters. The lowest BCUT2D eigenvalue weighted by Gasteiger charge is -2.36. The normalized spacial score (nSPS) is 22.1. The molecule has 1 rings (SSSR count). The molecule has 0 aromatic heterocycles. The Hall–Kier alpha value is -1.60. The monoisotopic (exact) mass is 274 g/mol. The molecule has 0 aromatic carbocycles. The highest BCUT2D eigenvalue weighted by atomic mass is 17.3. The lowest BCUT2D eigenvalue weighted by atomic mass is 10.0. The van der Waals surface area contributed by atoms with E-state index in [1.807, 2.05) is 6.92 Å². The molecule has 1 aliphatic rings. The van der Waals surface area contributed by atoms with Gasteiger partial charge in [0.2, 0.25) is 0 Å². The van der Waals surface area contributed by atoms with Crippen molar-refractivity contribution in [2.45, 2.75) is 45.2 Å². The fraction of sp³-hybridized carbons (Fsp3) is 0.667. The molecule has 1 saturated heterocycles. The Morgan fingerprint density at radius 2 is 2.05 bits per heavy atom. The van der Waals surface area contributed by atoms with E-state index in [2.05, 4.69) is 16.4 Å². The summed E-state index contributed by atoms with van der Waals surface area (Å²) in [4.78, 5) is 31.6. The first-order chi connectivity index (χ1) is 8.82. The SMILES string of the molecule is C=CC(=O)OC1(OC(=O)OC(C)(C)CCC)COO1. The van der Waals surface area contributed by atoms with Crippen LogP contribution in [-0.4, -0.2) is 30.3 Å². The molecule has 1 fully saturated rings. The first kappa shape index (κ1) is 15.5. The smallest absolute Gasteiger partial charge is 0.428 e. The maximum atomic E-state index is 11.6. The number of carbonyl (C=O) groups excluding carboxylic acids is 2. The number of carbonyl (C=O) groups is 2. The number of rotatable bonds is 6. The van der Waals surface area contributed by atoms with Gasteiger partial charge in [0, 0.05) is 6.08 Å². The maximum Gasteiger partial charge on any atom is 0.514 e. The van der Waals surface area contributed by atoms with Crippen LogP contribution < -0.4 is 0 Å². The Morgan fingerprint density at radius 3 is 2.47 bits per heavy atom. The third-order valence-electron chi connectivity index (χ3n) is 2.29. The summed E-state index contributed by atoms with van der Waals surface area (Å²) in [6.07, 6.45) is 1.42. The van der Waals surface area contributed by atoms with Gasteiger partial charge in [-0.05, 0) is 20.3 Å². The molecule has 1 heterocycles. The van der Waals surface area contributed by atoms with Crippen molar-refractivity contribution in [2.24, 2.45) is 0 Å². The highest BCUT2D eigenvalue weighted by Crippen LogP contribution is 2.28. The van der Waals surface area contributed by atoms with E-state index in [0.29, 0.717) is 6.42 Å². The lowest BCUT2D eigenvalue weighted by molar-refractivity contribution is -0.586. The average molecular weight is 274 g/mol. The van der Waals surface area contributed by atoms with Gasteiger partial charge in [-0.15, -0.1) is 4.89 Å². The molecular formula is C12H18O7. The van der Waals surface area contributed by atoms with Crippen LogP contribution in [0.4, 0.5) is 4.79 Å². The van der Waals surface area contributed by atoms with Crippen LogP contribution in [-0.2, 0) is 28.8 Å². The van der Waals surface area contributed by atoms with Crippen LogP contribution in [0.5, 0.6) is 0 Å². The quantitative estimate of drug-likeness (QED) is 0.317. The number of hydrogen-bond donors (Lipinski definition) is 0. The van der Waals surface area contributed by atoms with E-state index in [1.165, 1.54) is 0 Å². The van der Waals surface area contributed by atoms with Gasteiger partial charge in [-0.3, -0.25) is 0 Å². The Kier molecular flexibility index (Phi) is 4.90. The summed E-state index contributed by atoms with van der Waals surface area (Å²) in [5.74, 6) is -2.69. The zero-order valence-corrected chi connectivity index (χ0v) is 11.3. The molecule has 0 saturated carbocycles. The minimum Gasteiger partial charge on any atom is -0.428 e. The molecule has 19 heavy (non-hydrogen) atoms. The maximum absolute atomic E-state index is 11.6. The largest absolute Gasteiger partial charge is 0.514 e. The molecule has 7 nitrogen and oxygen atoms in total. The average Bonchev–Trinajstić information content (AvgIpc) is 2.24. The molecule has 0 aliphatic carbocycles. The van der Waals surface area contributed by atoms with E-state index >= 15 is 0 Å². The summed E-state index contributed by atoms with van der Waals surface area (Å²) in [5, 5.41) is 0. The van der Waals surface area contributed by atoms with Crippen molar-refractivity contribution in [3.63, 3.8) is 0 Å². The van der Waals surface area contributed by atoms with Gasteiger partial charge < -0.3 is 14.2 Å². The third-order valence-corrected chi connectivity index (χ3v) is 2.29. The second kappa shape index (κ2) is 6.03. The predicted molar refractivity (Wildman–Crippen MR) is 62.6 cm³/mol. The van der Waals surface area contributed by atoms with Gasteiger partial charge >= 0.3 is 18.1 Å². The van der Waals surface area contributed by atoms with Crippen LogP contribution in [0.3, 0.4) is 0 Å². The zero-order chi connectivity index (χ0) is 14.5. The van der Waals surface area contributed by atoms with Gasteiger partial charge in [0.15, 0.2) is 6.61 Å². The van der Waals surface area contributed by atoms with E-state index in [-0.39, 0.29) is 6.61 Å². The van der Waals surface area contributed by atoms with Crippen LogP contribution in [0.2, 0.25) is 0 Å². The van der Waals surface area contributed by atoms with Crippen molar-refractivity contribution in [3.05, 3.63) is 12.7 Å². The first-order valence-electron chi connectivity index (χ1n) is 5.90. The molecule has 0 amide bonds. The minimum atomic E-state index is -1.88. The van der Waals surface area contributed by atoms with Crippen LogP contribution >= 0.6 is 0 Å². The molecule has 0 N–H and O–H groups in total. The van der Waals surface area contributed by atoms with Gasteiger partial charge in [-0.25, -0.2) is 14.5 Å². The van der Waals surface area contributed by atoms with E-state index in [9.17, 15) is 9.59 Å². The highest BCUT2D eigenvalue weighted by Gasteiger charge is 2.51. The summed E-state index contributed by atoms with van der Waals surface area (Å²) < 4.78 is 14.7. The Bertz CT molecular complexity index is 357. The minimum absolute atomic E-state index is 0.226. The molecule has 7 heteroatoms. The number of esters is 1. The molecule has 0 radical (unpaired) electrons. The fourth-order valence-electron chi connectivity index (χ4n) is 1.49. The highest BCUT2D eigenvalue weighted by molar-refractivity contribution is 5.81. The Morgan fingerprint density at radius 1 is 1.42 bits per heavy atom. The van der Waals surface area contributed by atoms with Crippen molar-refractivity contribution in [1.29, 1.82) is 0 Å². The van der Waals surface area contributed by atoms with E-state index in [1.54, 1.807) is 13.8 Å². The summed E-state index contributed by atoms with van der Waals surface area (Å²) >= 11 is 0. The number of hydrogen-bond acceptors (Lipinski definition) is 7. The van der Waals surface area contributed by atoms with Crippen LogP contribution in [0.1, 0.15) is 33.6 Å². The molecule has 108 valence electrons. The summed E-state index contributed by atoms with van der Waals surface area (Å²) in [6.45, 7) is 8.46. The molecule has 1 aliphatic heterocycles.